The highest BCUT2D eigenvalue weighted by Gasteiger charge is 2.47. The molecule has 1 spiro atoms. The standard InChI is InChI=1S/C16H13NO3/c1-2-4-12-10(3-1)16(7-17-12)8-18-13-6-15-14(5-11(13)16)19-9-20-15/h1-6,17H,7-9H2. The van der Waals surface area contributed by atoms with Gasteiger partial charge in [-0.05, 0) is 17.7 Å². The molecule has 100 valence electrons. The summed E-state index contributed by atoms with van der Waals surface area (Å²) in [6.45, 7) is 1.81. The molecule has 0 saturated carbocycles. The van der Waals surface area contributed by atoms with Crippen LogP contribution in [0.25, 0.3) is 0 Å². The Bertz CT molecular complexity index is 728. The zero-order valence-electron chi connectivity index (χ0n) is 10.8. The predicted octanol–water partition coefficient (Wildman–Crippen LogP) is 2.52. The van der Waals surface area contributed by atoms with Gasteiger partial charge in [0.15, 0.2) is 11.5 Å². The lowest BCUT2D eigenvalue weighted by Gasteiger charge is -2.22. The van der Waals surface area contributed by atoms with E-state index in [9.17, 15) is 0 Å². The molecule has 4 heteroatoms. The van der Waals surface area contributed by atoms with Gasteiger partial charge in [-0.25, -0.2) is 0 Å². The number of ether oxygens (including phenoxy) is 3. The fourth-order valence-electron chi connectivity index (χ4n) is 3.46. The molecule has 3 aliphatic rings. The molecule has 3 aliphatic heterocycles. The van der Waals surface area contributed by atoms with Crippen LogP contribution in [0.1, 0.15) is 11.1 Å². The minimum atomic E-state index is -0.104. The SMILES string of the molecule is c1ccc2c(c1)NCC21COc2cc3c(cc21)OCO3. The van der Waals surface area contributed by atoms with Gasteiger partial charge in [0.05, 0.1) is 5.41 Å². The summed E-state index contributed by atoms with van der Waals surface area (Å²) in [5.41, 5.74) is 3.59. The number of anilines is 1. The molecule has 1 N–H and O–H groups in total. The van der Waals surface area contributed by atoms with E-state index in [2.05, 4.69) is 35.6 Å². The van der Waals surface area contributed by atoms with Crippen molar-refractivity contribution in [1.82, 2.24) is 0 Å². The molecule has 0 saturated heterocycles. The van der Waals surface area contributed by atoms with E-state index in [1.165, 1.54) is 16.8 Å². The average Bonchev–Trinajstić information content (AvgIpc) is 3.17. The number of nitrogens with one attached hydrogen (secondary N) is 1. The Labute approximate surface area is 116 Å². The van der Waals surface area contributed by atoms with E-state index in [-0.39, 0.29) is 5.41 Å². The molecule has 20 heavy (non-hydrogen) atoms. The quantitative estimate of drug-likeness (QED) is 0.796. The fourth-order valence-corrected chi connectivity index (χ4v) is 3.46. The molecule has 2 aromatic rings. The van der Waals surface area contributed by atoms with E-state index in [0.717, 1.165) is 23.8 Å². The van der Waals surface area contributed by atoms with Crippen LogP contribution >= 0.6 is 0 Å². The van der Waals surface area contributed by atoms with Crippen LogP contribution in [0.2, 0.25) is 0 Å². The molecule has 1 atom stereocenters. The van der Waals surface area contributed by atoms with Gasteiger partial charge >= 0.3 is 0 Å². The molecule has 0 amide bonds. The lowest BCUT2D eigenvalue weighted by Crippen LogP contribution is -2.31. The van der Waals surface area contributed by atoms with E-state index in [0.29, 0.717) is 13.4 Å². The van der Waals surface area contributed by atoms with Crippen LogP contribution in [0.15, 0.2) is 36.4 Å². The topological polar surface area (TPSA) is 39.7 Å². The average molecular weight is 267 g/mol. The van der Waals surface area contributed by atoms with Crippen LogP contribution in [0, 0.1) is 0 Å². The summed E-state index contributed by atoms with van der Waals surface area (Å²) < 4.78 is 16.9. The number of hydrogen-bond acceptors (Lipinski definition) is 4. The minimum absolute atomic E-state index is 0.104. The molecule has 2 aromatic carbocycles. The number of fused-ring (bicyclic) bond motifs is 5. The smallest absolute Gasteiger partial charge is 0.231 e. The second-order valence-corrected chi connectivity index (χ2v) is 5.47. The number of benzene rings is 2. The van der Waals surface area contributed by atoms with E-state index >= 15 is 0 Å². The van der Waals surface area contributed by atoms with E-state index in [4.69, 9.17) is 14.2 Å². The van der Waals surface area contributed by atoms with Gasteiger partial charge in [-0.1, -0.05) is 18.2 Å². The molecule has 0 fully saturated rings. The first-order valence-electron chi connectivity index (χ1n) is 6.77. The van der Waals surface area contributed by atoms with Crippen LogP contribution in [-0.4, -0.2) is 19.9 Å². The number of hydrogen-bond donors (Lipinski definition) is 1. The van der Waals surface area contributed by atoms with E-state index in [1.54, 1.807) is 0 Å². The lowest BCUT2D eigenvalue weighted by atomic mass is 9.78. The van der Waals surface area contributed by atoms with Gasteiger partial charge in [-0.3, -0.25) is 0 Å². The normalized spacial score (nSPS) is 24.2. The largest absolute Gasteiger partial charge is 0.492 e. The van der Waals surface area contributed by atoms with Crippen molar-refractivity contribution < 1.29 is 14.2 Å². The molecule has 0 bridgehead atoms. The first-order chi connectivity index (χ1) is 9.87. The molecule has 3 heterocycles. The Morgan fingerprint density at radius 1 is 0.900 bits per heavy atom. The molecule has 0 aliphatic carbocycles. The molecular formula is C16H13NO3. The van der Waals surface area contributed by atoms with Gasteiger partial charge in [0.25, 0.3) is 0 Å². The lowest BCUT2D eigenvalue weighted by molar-refractivity contribution is 0.173. The Hall–Kier alpha value is -2.36. The Balaban J connectivity index is 1.74. The summed E-state index contributed by atoms with van der Waals surface area (Å²) in [7, 11) is 0. The van der Waals surface area contributed by atoms with Gasteiger partial charge in [0.1, 0.15) is 12.4 Å². The van der Waals surface area contributed by atoms with Gasteiger partial charge in [-0.15, -0.1) is 0 Å². The van der Waals surface area contributed by atoms with Crippen molar-refractivity contribution in [2.24, 2.45) is 0 Å². The van der Waals surface area contributed by atoms with Crippen molar-refractivity contribution in [3.63, 3.8) is 0 Å². The van der Waals surface area contributed by atoms with Gasteiger partial charge in [0, 0.05) is 23.9 Å². The summed E-state index contributed by atoms with van der Waals surface area (Å²) >= 11 is 0. The maximum absolute atomic E-state index is 5.94. The zero-order valence-corrected chi connectivity index (χ0v) is 10.8. The molecule has 1 unspecified atom stereocenters. The molecule has 0 aromatic heterocycles. The van der Waals surface area contributed by atoms with Crippen molar-refractivity contribution in [3.8, 4) is 17.2 Å². The third-order valence-electron chi connectivity index (χ3n) is 4.49. The third-order valence-corrected chi connectivity index (χ3v) is 4.49. The van der Waals surface area contributed by atoms with Crippen LogP contribution in [0.3, 0.4) is 0 Å². The van der Waals surface area contributed by atoms with Crippen LogP contribution in [0.4, 0.5) is 5.69 Å². The van der Waals surface area contributed by atoms with Crippen molar-refractivity contribution in [3.05, 3.63) is 47.5 Å². The summed E-state index contributed by atoms with van der Waals surface area (Å²) in [6.07, 6.45) is 0. The van der Waals surface area contributed by atoms with Crippen molar-refractivity contribution >= 4 is 5.69 Å². The maximum Gasteiger partial charge on any atom is 0.231 e. The highest BCUT2D eigenvalue weighted by Crippen LogP contribution is 2.52. The highest BCUT2D eigenvalue weighted by atomic mass is 16.7. The van der Waals surface area contributed by atoms with Crippen molar-refractivity contribution in [2.75, 3.05) is 25.3 Å². The van der Waals surface area contributed by atoms with Crippen LogP contribution in [-0.2, 0) is 5.41 Å². The van der Waals surface area contributed by atoms with Crippen molar-refractivity contribution in [2.45, 2.75) is 5.41 Å². The third kappa shape index (κ3) is 1.12. The fraction of sp³-hybridized carbons (Fsp3) is 0.250. The summed E-state index contributed by atoms with van der Waals surface area (Å²) in [5.74, 6) is 2.51. The number of rotatable bonds is 0. The van der Waals surface area contributed by atoms with Crippen molar-refractivity contribution in [1.29, 1.82) is 0 Å². The zero-order chi connectivity index (χ0) is 13.2. The second kappa shape index (κ2) is 3.39. The number of para-hydroxylation sites is 1. The van der Waals surface area contributed by atoms with E-state index in [1.807, 2.05) is 6.07 Å². The van der Waals surface area contributed by atoms with Crippen LogP contribution in [0.5, 0.6) is 17.2 Å². The molecular weight excluding hydrogens is 254 g/mol. The molecule has 0 radical (unpaired) electrons. The monoisotopic (exact) mass is 267 g/mol. The maximum atomic E-state index is 5.94. The first-order valence-corrected chi connectivity index (χ1v) is 6.77. The Morgan fingerprint density at radius 3 is 2.70 bits per heavy atom. The highest BCUT2D eigenvalue weighted by molar-refractivity contribution is 5.69. The second-order valence-electron chi connectivity index (χ2n) is 5.47. The predicted molar refractivity (Wildman–Crippen MR) is 73.8 cm³/mol. The first kappa shape index (κ1) is 10.4. The van der Waals surface area contributed by atoms with Gasteiger partial charge < -0.3 is 19.5 Å². The van der Waals surface area contributed by atoms with E-state index < -0.39 is 0 Å². The molecule has 5 rings (SSSR count). The van der Waals surface area contributed by atoms with Gasteiger partial charge in [-0.2, -0.15) is 0 Å². The summed E-state index contributed by atoms with van der Waals surface area (Å²) in [6, 6.07) is 12.5. The molecule has 4 nitrogen and oxygen atoms in total. The summed E-state index contributed by atoms with van der Waals surface area (Å²) in [4.78, 5) is 0. The minimum Gasteiger partial charge on any atom is -0.492 e. The summed E-state index contributed by atoms with van der Waals surface area (Å²) in [5, 5.41) is 3.49. The van der Waals surface area contributed by atoms with Crippen LogP contribution < -0.4 is 19.5 Å². The Kier molecular flexibility index (Phi) is 1.77. The Morgan fingerprint density at radius 2 is 1.75 bits per heavy atom. The van der Waals surface area contributed by atoms with Gasteiger partial charge in [0.2, 0.25) is 6.79 Å².